The van der Waals surface area contributed by atoms with Gasteiger partial charge < -0.3 is 4.74 Å². The van der Waals surface area contributed by atoms with Crippen molar-refractivity contribution in [3.63, 3.8) is 0 Å². The van der Waals surface area contributed by atoms with Crippen LogP contribution in [0.25, 0.3) is 0 Å². The molecule has 0 amide bonds. The fourth-order valence-corrected chi connectivity index (χ4v) is 4.00. The molecule has 0 saturated heterocycles. The first-order valence-electron chi connectivity index (χ1n) is 7.08. The lowest BCUT2D eigenvalue weighted by Crippen LogP contribution is -2.34. The summed E-state index contributed by atoms with van der Waals surface area (Å²) in [6, 6.07) is 6.74. The van der Waals surface area contributed by atoms with Gasteiger partial charge in [0.1, 0.15) is 17.9 Å². The number of fused-ring (bicyclic) bond motifs is 1. The zero-order valence-corrected chi connectivity index (χ0v) is 13.1. The highest BCUT2D eigenvalue weighted by atomic mass is 32.2. The molecule has 2 heterocycles. The van der Waals surface area contributed by atoms with E-state index in [0.717, 1.165) is 19.4 Å². The van der Waals surface area contributed by atoms with Crippen molar-refractivity contribution in [1.29, 1.82) is 0 Å². The maximum Gasteiger partial charge on any atom is 0.216 e. The first kappa shape index (κ1) is 15.0. The summed E-state index contributed by atoms with van der Waals surface area (Å²) >= 11 is 0. The Bertz CT molecular complexity index is 757. The number of rotatable bonds is 5. The van der Waals surface area contributed by atoms with Gasteiger partial charge in [0.2, 0.25) is 10.0 Å². The van der Waals surface area contributed by atoms with E-state index in [1.807, 2.05) is 0 Å². The summed E-state index contributed by atoms with van der Waals surface area (Å²) in [5.41, 5.74) is 0.684. The van der Waals surface area contributed by atoms with E-state index in [-0.39, 0.29) is 11.8 Å². The number of aryl methyl sites for hydroxylation is 1. The molecule has 0 aliphatic carbocycles. The summed E-state index contributed by atoms with van der Waals surface area (Å²) in [4.78, 5) is 4.16. The number of aromatic nitrogens is 3. The number of sulfonamides is 1. The van der Waals surface area contributed by atoms with Crippen LogP contribution in [0.2, 0.25) is 0 Å². The van der Waals surface area contributed by atoms with Crippen LogP contribution >= 0.6 is 0 Å². The van der Waals surface area contributed by atoms with E-state index in [1.54, 1.807) is 36.1 Å². The molecule has 0 fully saturated rings. The van der Waals surface area contributed by atoms with Crippen LogP contribution in [0.4, 0.5) is 0 Å². The van der Waals surface area contributed by atoms with Gasteiger partial charge in [-0.15, -0.1) is 0 Å². The SMILES string of the molecule is COc1cccc(CS(=O)(=O)NC2CCCn3ncnc32)c1. The van der Waals surface area contributed by atoms with E-state index >= 15 is 0 Å². The average molecular weight is 322 g/mol. The normalized spacial score (nSPS) is 18.0. The second-order valence-electron chi connectivity index (χ2n) is 5.26. The standard InChI is InChI=1S/C14H18N4O3S/c1-21-12-5-2-4-11(8-12)9-22(19,20)17-13-6-3-7-18-14(13)15-10-16-18/h2,4-5,8,10,13,17H,3,6-7,9H2,1H3. The van der Waals surface area contributed by atoms with Gasteiger partial charge in [0.05, 0.1) is 18.9 Å². The van der Waals surface area contributed by atoms with E-state index in [0.29, 0.717) is 17.1 Å². The topological polar surface area (TPSA) is 86.1 Å². The molecule has 1 aliphatic heterocycles. The number of hydrogen-bond donors (Lipinski definition) is 1. The Morgan fingerprint density at radius 2 is 2.32 bits per heavy atom. The predicted octanol–water partition coefficient (Wildman–Crippen LogP) is 1.24. The van der Waals surface area contributed by atoms with E-state index in [1.165, 1.54) is 6.33 Å². The van der Waals surface area contributed by atoms with Crippen molar-refractivity contribution < 1.29 is 13.2 Å². The van der Waals surface area contributed by atoms with Gasteiger partial charge in [0, 0.05) is 6.54 Å². The molecule has 2 aromatic rings. The maximum absolute atomic E-state index is 12.4. The first-order chi connectivity index (χ1) is 10.6. The number of nitrogens with zero attached hydrogens (tertiary/aromatic N) is 3. The molecule has 0 spiro atoms. The molecule has 7 nitrogen and oxygen atoms in total. The van der Waals surface area contributed by atoms with Crippen LogP contribution in [0.3, 0.4) is 0 Å². The molecule has 1 unspecified atom stereocenters. The molecule has 1 atom stereocenters. The maximum atomic E-state index is 12.4. The first-order valence-corrected chi connectivity index (χ1v) is 8.73. The van der Waals surface area contributed by atoms with Crippen LogP contribution in [0, 0.1) is 0 Å². The highest BCUT2D eigenvalue weighted by Crippen LogP contribution is 2.24. The van der Waals surface area contributed by atoms with Crippen molar-refractivity contribution in [2.75, 3.05) is 7.11 Å². The molecule has 0 saturated carbocycles. The second-order valence-corrected chi connectivity index (χ2v) is 7.02. The molecule has 1 aliphatic rings. The van der Waals surface area contributed by atoms with Gasteiger partial charge in [-0.1, -0.05) is 12.1 Å². The highest BCUT2D eigenvalue weighted by molar-refractivity contribution is 7.88. The number of hydrogen-bond acceptors (Lipinski definition) is 5. The fourth-order valence-electron chi connectivity index (χ4n) is 2.64. The minimum absolute atomic E-state index is 0.0885. The van der Waals surface area contributed by atoms with Gasteiger partial charge in [0.25, 0.3) is 0 Å². The highest BCUT2D eigenvalue weighted by Gasteiger charge is 2.26. The summed E-state index contributed by atoms with van der Waals surface area (Å²) in [5.74, 6) is 1.24. The minimum Gasteiger partial charge on any atom is -0.497 e. The van der Waals surface area contributed by atoms with Gasteiger partial charge in [-0.25, -0.2) is 22.8 Å². The summed E-state index contributed by atoms with van der Waals surface area (Å²) in [5, 5.41) is 4.10. The Kier molecular flexibility index (Phi) is 4.12. The average Bonchev–Trinajstić information content (AvgIpc) is 2.96. The van der Waals surface area contributed by atoms with Gasteiger partial charge in [0.15, 0.2) is 0 Å². The lowest BCUT2D eigenvalue weighted by molar-refractivity contribution is 0.399. The summed E-state index contributed by atoms with van der Waals surface area (Å²) in [7, 11) is -1.91. The summed E-state index contributed by atoms with van der Waals surface area (Å²) in [6.45, 7) is 0.781. The number of nitrogens with one attached hydrogen (secondary N) is 1. The Morgan fingerprint density at radius 3 is 3.14 bits per heavy atom. The van der Waals surface area contributed by atoms with Crippen molar-refractivity contribution in [3.05, 3.63) is 42.0 Å². The quantitative estimate of drug-likeness (QED) is 0.895. The molecule has 1 aromatic heterocycles. The van der Waals surface area contributed by atoms with Crippen molar-refractivity contribution in [2.24, 2.45) is 0 Å². The number of benzene rings is 1. The third-order valence-electron chi connectivity index (χ3n) is 3.63. The van der Waals surface area contributed by atoms with Crippen LogP contribution in [0.5, 0.6) is 5.75 Å². The van der Waals surface area contributed by atoms with Crippen LogP contribution in [0.1, 0.15) is 30.3 Å². The van der Waals surface area contributed by atoms with Crippen LogP contribution in [-0.4, -0.2) is 30.3 Å². The molecule has 1 N–H and O–H groups in total. The lowest BCUT2D eigenvalue weighted by Gasteiger charge is -2.23. The fraction of sp³-hybridized carbons (Fsp3) is 0.429. The smallest absolute Gasteiger partial charge is 0.216 e. The summed E-state index contributed by atoms with van der Waals surface area (Å²) < 4.78 is 34.4. The molecule has 0 bridgehead atoms. The Labute approximate surface area is 129 Å². The molecular formula is C14H18N4O3S. The van der Waals surface area contributed by atoms with E-state index < -0.39 is 10.0 Å². The van der Waals surface area contributed by atoms with Gasteiger partial charge in [-0.2, -0.15) is 5.10 Å². The van der Waals surface area contributed by atoms with Crippen LogP contribution in [-0.2, 0) is 22.3 Å². The van der Waals surface area contributed by atoms with Crippen molar-refractivity contribution in [2.45, 2.75) is 31.2 Å². The minimum atomic E-state index is -3.47. The largest absolute Gasteiger partial charge is 0.497 e. The Balaban J connectivity index is 1.74. The molecule has 118 valence electrons. The molecule has 8 heteroatoms. The molecule has 1 aromatic carbocycles. The molecule has 0 radical (unpaired) electrons. The van der Waals surface area contributed by atoms with Crippen LogP contribution < -0.4 is 9.46 Å². The second kappa shape index (κ2) is 6.05. The third-order valence-corrected chi connectivity index (χ3v) is 4.99. The van der Waals surface area contributed by atoms with E-state index in [9.17, 15) is 8.42 Å². The zero-order valence-electron chi connectivity index (χ0n) is 12.3. The monoisotopic (exact) mass is 322 g/mol. The molecular weight excluding hydrogens is 304 g/mol. The van der Waals surface area contributed by atoms with Crippen molar-refractivity contribution in [3.8, 4) is 5.75 Å². The van der Waals surface area contributed by atoms with Gasteiger partial charge in [-0.05, 0) is 30.5 Å². The third kappa shape index (κ3) is 3.28. The van der Waals surface area contributed by atoms with E-state index in [4.69, 9.17) is 4.74 Å². The van der Waals surface area contributed by atoms with Crippen molar-refractivity contribution in [1.82, 2.24) is 19.5 Å². The predicted molar refractivity (Wildman–Crippen MR) is 80.8 cm³/mol. The number of methoxy groups -OCH3 is 1. The summed E-state index contributed by atoms with van der Waals surface area (Å²) in [6.07, 6.45) is 3.07. The zero-order chi connectivity index (χ0) is 15.6. The van der Waals surface area contributed by atoms with Gasteiger partial charge >= 0.3 is 0 Å². The van der Waals surface area contributed by atoms with E-state index in [2.05, 4.69) is 14.8 Å². The van der Waals surface area contributed by atoms with Crippen LogP contribution in [0.15, 0.2) is 30.6 Å². The van der Waals surface area contributed by atoms with Gasteiger partial charge in [-0.3, -0.25) is 0 Å². The number of ether oxygens (including phenoxy) is 1. The lowest BCUT2D eigenvalue weighted by atomic mass is 10.1. The van der Waals surface area contributed by atoms with Crippen molar-refractivity contribution >= 4 is 10.0 Å². The molecule has 22 heavy (non-hydrogen) atoms. The Hall–Kier alpha value is -1.93. The Morgan fingerprint density at radius 1 is 1.45 bits per heavy atom. The molecule has 3 rings (SSSR count).